The predicted molar refractivity (Wildman–Crippen MR) is 138 cm³/mol. The maximum absolute atomic E-state index is 13.7. The molecule has 12 heteroatoms. The molecule has 4 aliphatic carbocycles. The largest absolute Gasteiger partial charge is 0.453 e. The number of hydrogen-bond acceptors (Lipinski definition) is 8. The first kappa shape index (κ1) is 26.3. The number of anilines is 1. The molecule has 2 unspecified atom stereocenters. The van der Waals surface area contributed by atoms with Gasteiger partial charge in [0.15, 0.2) is 0 Å². The normalized spacial score (nSPS) is 30.3. The molecular weight excluding hydrogens is 492 g/mol. The molecule has 2 heterocycles. The van der Waals surface area contributed by atoms with Gasteiger partial charge in [0.2, 0.25) is 0 Å². The minimum Gasteiger partial charge on any atom is -0.453 e. The number of amides is 3. The van der Waals surface area contributed by atoms with Crippen molar-refractivity contribution in [3.8, 4) is 0 Å². The minimum atomic E-state index is -0.715. The van der Waals surface area contributed by atoms with Gasteiger partial charge in [-0.3, -0.25) is 4.79 Å². The van der Waals surface area contributed by atoms with E-state index in [4.69, 9.17) is 19.9 Å². The number of ether oxygens (including phenoxy) is 3. The van der Waals surface area contributed by atoms with Crippen LogP contribution in [0.3, 0.4) is 0 Å². The molecule has 0 spiro atoms. The van der Waals surface area contributed by atoms with Gasteiger partial charge in [0.1, 0.15) is 17.0 Å². The molecule has 0 radical (unpaired) electrons. The van der Waals surface area contributed by atoms with Crippen LogP contribution < -0.4 is 21.3 Å². The number of methoxy groups -OCH3 is 1. The van der Waals surface area contributed by atoms with Crippen molar-refractivity contribution < 1.29 is 28.6 Å². The summed E-state index contributed by atoms with van der Waals surface area (Å²) in [4.78, 5) is 39.1. The number of morpholine rings is 1. The van der Waals surface area contributed by atoms with Crippen LogP contribution in [0.2, 0.25) is 0 Å². The highest BCUT2D eigenvalue weighted by Gasteiger charge is 2.57. The van der Waals surface area contributed by atoms with E-state index in [1.807, 2.05) is 13.8 Å². The quantitative estimate of drug-likeness (QED) is 0.485. The molecule has 0 aromatic carbocycles. The average molecular weight is 531 g/mol. The fourth-order valence-electron chi connectivity index (χ4n) is 7.08. The lowest BCUT2D eigenvalue weighted by Crippen LogP contribution is -2.63. The summed E-state index contributed by atoms with van der Waals surface area (Å²) < 4.78 is 17.6. The van der Waals surface area contributed by atoms with Gasteiger partial charge in [-0.2, -0.15) is 5.10 Å². The topological polar surface area (TPSA) is 150 Å². The Kier molecular flexibility index (Phi) is 7.01. The second-order valence-corrected chi connectivity index (χ2v) is 11.7. The standard InChI is InChI=1S/C26H38N6O6/c1-25(2,30-24(35)36-3)4-5-32-22(31-6-8-37-9-7-31)19(15-28-32)21(33)29-20-17-10-16-11-18(20)14-26(12-16,13-17)38-23(27)34/h4-5,15-18,20H,6-14H2,1-3H3,(H2,27,34)(H,29,33)(H,30,35)/b5-4+/t16-,17?,18?,20+,26?. The molecule has 3 amide bonds. The number of aromatic nitrogens is 2. The molecule has 4 saturated carbocycles. The van der Waals surface area contributed by atoms with E-state index >= 15 is 0 Å². The predicted octanol–water partition coefficient (Wildman–Crippen LogP) is 2.10. The van der Waals surface area contributed by atoms with Gasteiger partial charge >= 0.3 is 12.2 Å². The zero-order chi connectivity index (χ0) is 27.1. The highest BCUT2D eigenvalue weighted by atomic mass is 16.6. The van der Waals surface area contributed by atoms with Crippen LogP contribution in [0.1, 0.15) is 56.3 Å². The molecule has 4 N–H and O–H groups in total. The monoisotopic (exact) mass is 530 g/mol. The van der Waals surface area contributed by atoms with Crippen molar-refractivity contribution in [2.75, 3.05) is 38.3 Å². The van der Waals surface area contributed by atoms with Crippen LogP contribution in [0.25, 0.3) is 6.20 Å². The Morgan fingerprint density at radius 3 is 2.50 bits per heavy atom. The van der Waals surface area contributed by atoms with E-state index in [2.05, 4.69) is 20.6 Å². The highest BCUT2D eigenvalue weighted by Crippen LogP contribution is 2.57. The summed E-state index contributed by atoms with van der Waals surface area (Å²) in [5, 5.41) is 10.6. The number of carbonyl (C=O) groups is 3. The summed E-state index contributed by atoms with van der Waals surface area (Å²) in [6, 6.07) is 0.0169. The number of hydrogen-bond donors (Lipinski definition) is 3. The van der Waals surface area contributed by atoms with E-state index in [1.54, 1.807) is 23.2 Å². The number of carbonyl (C=O) groups excluding carboxylic acids is 3. The van der Waals surface area contributed by atoms with Gasteiger partial charge in [-0.25, -0.2) is 14.3 Å². The molecule has 1 saturated heterocycles. The second kappa shape index (κ2) is 10.1. The van der Waals surface area contributed by atoms with Gasteiger partial charge in [-0.1, -0.05) is 0 Å². The number of rotatable bonds is 7. The Bertz CT molecular complexity index is 1090. The first-order chi connectivity index (χ1) is 18.1. The first-order valence-electron chi connectivity index (χ1n) is 13.3. The number of nitrogens with two attached hydrogens (primary N) is 1. The smallest absolute Gasteiger partial charge is 0.407 e. The third kappa shape index (κ3) is 5.31. The maximum atomic E-state index is 13.7. The molecule has 5 aliphatic rings. The fraction of sp³-hybridized carbons (Fsp3) is 0.692. The Balaban J connectivity index is 1.36. The number of nitrogens with one attached hydrogen (secondary N) is 2. The molecule has 6 rings (SSSR count). The third-order valence-electron chi connectivity index (χ3n) is 8.40. The van der Waals surface area contributed by atoms with Gasteiger partial charge < -0.3 is 35.5 Å². The molecule has 12 nitrogen and oxygen atoms in total. The molecule has 1 aromatic rings. The molecule has 5 fully saturated rings. The summed E-state index contributed by atoms with van der Waals surface area (Å²) in [6.45, 7) is 6.06. The molecule has 1 aliphatic heterocycles. The Labute approximate surface area is 222 Å². The lowest BCUT2D eigenvalue weighted by atomic mass is 9.52. The summed E-state index contributed by atoms with van der Waals surface area (Å²) in [5.74, 6) is 1.51. The van der Waals surface area contributed by atoms with E-state index in [1.165, 1.54) is 7.11 Å². The highest BCUT2D eigenvalue weighted by molar-refractivity contribution is 5.99. The van der Waals surface area contributed by atoms with Gasteiger partial charge in [-0.05, 0) is 69.8 Å². The van der Waals surface area contributed by atoms with Crippen molar-refractivity contribution in [3.63, 3.8) is 0 Å². The van der Waals surface area contributed by atoms with Crippen LogP contribution in [0.5, 0.6) is 0 Å². The summed E-state index contributed by atoms with van der Waals surface area (Å²) in [5.41, 5.74) is 4.70. The second-order valence-electron chi connectivity index (χ2n) is 11.7. The summed E-state index contributed by atoms with van der Waals surface area (Å²) in [7, 11) is 1.32. The lowest BCUT2D eigenvalue weighted by Gasteiger charge is -2.58. The van der Waals surface area contributed by atoms with Gasteiger partial charge in [0.25, 0.3) is 5.91 Å². The summed E-state index contributed by atoms with van der Waals surface area (Å²) in [6.07, 6.45) is 8.27. The maximum Gasteiger partial charge on any atom is 0.407 e. The van der Waals surface area contributed by atoms with Crippen LogP contribution in [0, 0.1) is 17.8 Å². The van der Waals surface area contributed by atoms with E-state index < -0.39 is 23.3 Å². The Morgan fingerprint density at radius 1 is 1.18 bits per heavy atom. The molecular formula is C26H38N6O6. The van der Waals surface area contributed by atoms with E-state index in [0.29, 0.717) is 43.6 Å². The van der Waals surface area contributed by atoms with Gasteiger partial charge in [0.05, 0.1) is 32.1 Å². The van der Waals surface area contributed by atoms with Crippen molar-refractivity contribution >= 4 is 30.1 Å². The zero-order valence-electron chi connectivity index (χ0n) is 22.3. The number of alkyl carbamates (subject to hydrolysis) is 1. The van der Waals surface area contributed by atoms with Crippen LogP contribution in [0.15, 0.2) is 12.3 Å². The molecule has 4 bridgehead atoms. The van der Waals surface area contributed by atoms with Crippen LogP contribution >= 0.6 is 0 Å². The molecule has 1 aromatic heterocycles. The number of primary amides is 1. The molecule has 2 atom stereocenters. The van der Waals surface area contributed by atoms with Crippen LogP contribution in [0.4, 0.5) is 15.4 Å². The van der Waals surface area contributed by atoms with Crippen LogP contribution in [-0.4, -0.2) is 78.5 Å². The van der Waals surface area contributed by atoms with Crippen LogP contribution in [-0.2, 0) is 14.2 Å². The third-order valence-corrected chi connectivity index (χ3v) is 8.40. The SMILES string of the molecule is COC(=O)NC(C)(C)/C=C/n1ncc(C(=O)N[C@H]2C3CC4(OC(N)=O)CC2C[C@@H](C3)C4)c1N1CCOCC1. The minimum absolute atomic E-state index is 0.0169. The van der Waals surface area contributed by atoms with Gasteiger partial charge in [-0.15, -0.1) is 0 Å². The van der Waals surface area contributed by atoms with Gasteiger partial charge in [0, 0.05) is 25.3 Å². The van der Waals surface area contributed by atoms with E-state index in [-0.39, 0.29) is 23.8 Å². The van der Waals surface area contributed by atoms with E-state index in [9.17, 15) is 14.4 Å². The Morgan fingerprint density at radius 2 is 1.87 bits per heavy atom. The lowest BCUT2D eigenvalue weighted by molar-refractivity contribution is -0.137. The molecule has 208 valence electrons. The fourth-order valence-corrected chi connectivity index (χ4v) is 7.08. The van der Waals surface area contributed by atoms with Crippen molar-refractivity contribution in [2.45, 2.75) is 63.1 Å². The number of nitrogens with zero attached hydrogens (tertiary/aromatic N) is 3. The first-order valence-corrected chi connectivity index (χ1v) is 13.3. The summed E-state index contributed by atoms with van der Waals surface area (Å²) >= 11 is 0. The Hall–Kier alpha value is -3.28. The van der Waals surface area contributed by atoms with Crippen molar-refractivity contribution in [3.05, 3.63) is 17.8 Å². The van der Waals surface area contributed by atoms with Crippen molar-refractivity contribution in [2.24, 2.45) is 23.5 Å². The van der Waals surface area contributed by atoms with Crippen molar-refractivity contribution in [1.82, 2.24) is 20.4 Å². The molecule has 38 heavy (non-hydrogen) atoms. The van der Waals surface area contributed by atoms with Crippen molar-refractivity contribution in [1.29, 1.82) is 0 Å². The zero-order valence-corrected chi connectivity index (χ0v) is 22.3. The average Bonchev–Trinajstić information content (AvgIpc) is 3.28. The van der Waals surface area contributed by atoms with E-state index in [0.717, 1.165) is 32.1 Å².